The quantitative estimate of drug-likeness (QED) is 0.120. The molecule has 3 radical (unpaired) electrons. The molecule has 0 saturated carbocycles. The third-order valence-corrected chi connectivity index (χ3v) is 9.38. The molecular weight excluding hydrogens is 843 g/mol. The standard InChI is InChI=1S/C20H12F4N2O3.C20H14F4N2O2.C4H8O.B/c1-10-7-16-17(29-20(23,24)28-16)8-12(10)15-6-5-11(9-25-15)26-19(27)18-13(21)3-2-4-14(18)22;1-11-7-18-19(28-20(23,24)27-18)8-13(11)17-6-5-12(9-26-17)25-10-14-15(21)3-2-4-16(14)22;1-2-4-5-3-1;/h2-9H,1H3,(H,26,27);2-9,25H,10H2,1H3;1-4H2;. The Morgan fingerprint density at radius 3 is 1.46 bits per heavy atom. The van der Waals surface area contributed by atoms with Gasteiger partial charge in [-0.25, -0.2) is 17.6 Å². The van der Waals surface area contributed by atoms with Crippen molar-refractivity contribution in [2.24, 2.45) is 0 Å². The third-order valence-electron chi connectivity index (χ3n) is 9.38. The van der Waals surface area contributed by atoms with Crippen LogP contribution in [0.4, 0.5) is 46.5 Å². The minimum Gasteiger partial charge on any atom is -0.395 e. The first-order valence-electron chi connectivity index (χ1n) is 18.8. The lowest BCUT2D eigenvalue weighted by molar-refractivity contribution is -0.287. The molecule has 2 N–H and O–H groups in total. The van der Waals surface area contributed by atoms with Crippen molar-refractivity contribution in [1.29, 1.82) is 0 Å². The normalized spacial score (nSPS) is 14.6. The number of anilines is 2. The smallest absolute Gasteiger partial charge is 0.395 e. The molecule has 1 fully saturated rings. The van der Waals surface area contributed by atoms with E-state index in [-0.39, 0.29) is 49.2 Å². The number of alkyl halides is 4. The van der Waals surface area contributed by atoms with Gasteiger partial charge in [-0.2, -0.15) is 0 Å². The van der Waals surface area contributed by atoms with Gasteiger partial charge in [-0.1, -0.05) is 12.1 Å². The van der Waals surface area contributed by atoms with E-state index < -0.39 is 47.3 Å². The number of aryl methyl sites for hydroxylation is 2. The second-order valence-electron chi connectivity index (χ2n) is 13.9. The number of benzene rings is 4. The summed E-state index contributed by atoms with van der Waals surface area (Å²) in [6.07, 6.45) is -2.08. The van der Waals surface area contributed by atoms with Crippen molar-refractivity contribution < 1.29 is 63.6 Å². The minimum atomic E-state index is -3.73. The summed E-state index contributed by atoms with van der Waals surface area (Å²) in [5.41, 5.74) is 3.34. The van der Waals surface area contributed by atoms with Gasteiger partial charge in [-0.3, -0.25) is 14.8 Å². The van der Waals surface area contributed by atoms with Crippen LogP contribution in [-0.2, 0) is 11.3 Å². The van der Waals surface area contributed by atoms with E-state index in [0.29, 0.717) is 39.3 Å². The van der Waals surface area contributed by atoms with Crippen molar-refractivity contribution in [3.8, 4) is 45.5 Å². The number of nitrogens with zero attached hydrogens (tertiary/aromatic N) is 2. The van der Waals surface area contributed by atoms with Gasteiger partial charge in [0.1, 0.15) is 28.8 Å². The average Bonchev–Trinajstić information content (AvgIpc) is 3.97. The number of hydrogen-bond acceptors (Lipinski definition) is 9. The maximum absolute atomic E-state index is 13.7. The van der Waals surface area contributed by atoms with E-state index >= 15 is 0 Å². The summed E-state index contributed by atoms with van der Waals surface area (Å²) in [7, 11) is 0. The molecule has 1 saturated heterocycles. The van der Waals surface area contributed by atoms with Gasteiger partial charge < -0.3 is 34.3 Å². The Labute approximate surface area is 356 Å². The van der Waals surface area contributed by atoms with Gasteiger partial charge in [0.25, 0.3) is 5.91 Å². The van der Waals surface area contributed by atoms with Crippen molar-refractivity contribution in [2.75, 3.05) is 23.8 Å². The molecule has 6 aromatic rings. The first kappa shape index (κ1) is 45.6. The summed E-state index contributed by atoms with van der Waals surface area (Å²) in [6, 6.07) is 18.8. The molecule has 3 aliphatic heterocycles. The number of aromatic nitrogens is 2. The molecule has 19 heteroatoms. The van der Waals surface area contributed by atoms with Crippen LogP contribution in [0.5, 0.6) is 23.0 Å². The van der Waals surface area contributed by atoms with Crippen LogP contribution >= 0.6 is 0 Å². The lowest BCUT2D eigenvalue weighted by Gasteiger charge is -2.10. The number of pyridine rings is 2. The van der Waals surface area contributed by atoms with Gasteiger partial charge in [0.2, 0.25) is 0 Å². The predicted molar refractivity (Wildman–Crippen MR) is 215 cm³/mol. The maximum Gasteiger partial charge on any atom is 0.586 e. The molecule has 2 aromatic heterocycles. The highest BCUT2D eigenvalue weighted by Gasteiger charge is 2.44. The Bertz CT molecular complexity index is 2550. The number of hydrogen-bond donors (Lipinski definition) is 2. The molecule has 63 heavy (non-hydrogen) atoms. The molecule has 1 amide bonds. The molecule has 0 aliphatic carbocycles. The van der Waals surface area contributed by atoms with Crippen molar-refractivity contribution in [3.05, 3.63) is 143 Å². The largest absolute Gasteiger partial charge is 0.586 e. The molecule has 0 unspecified atom stereocenters. The molecule has 0 atom stereocenters. The lowest BCUT2D eigenvalue weighted by atomic mass is 10.0. The number of nitrogens with one attached hydrogen (secondary N) is 2. The monoisotopic (exact) mass is 877 g/mol. The third kappa shape index (κ3) is 11.0. The fourth-order valence-corrected chi connectivity index (χ4v) is 6.34. The van der Waals surface area contributed by atoms with E-state index in [4.69, 9.17) is 4.74 Å². The molecular formula is C44H34BF8N4O6. The van der Waals surface area contributed by atoms with Crippen LogP contribution in [-0.4, -0.2) is 50.1 Å². The molecule has 3 aliphatic rings. The fourth-order valence-electron chi connectivity index (χ4n) is 6.34. The highest BCUT2D eigenvalue weighted by atomic mass is 19.3. The van der Waals surface area contributed by atoms with E-state index in [0.717, 1.165) is 31.4 Å². The summed E-state index contributed by atoms with van der Waals surface area (Å²) >= 11 is 0. The Kier molecular flexibility index (Phi) is 13.8. The van der Waals surface area contributed by atoms with E-state index in [1.54, 1.807) is 26.0 Å². The Morgan fingerprint density at radius 2 is 1.05 bits per heavy atom. The zero-order chi connectivity index (χ0) is 44.2. The van der Waals surface area contributed by atoms with Gasteiger partial charge in [-0.15, -0.1) is 17.6 Å². The summed E-state index contributed by atoms with van der Waals surface area (Å²) < 4.78 is 130. The summed E-state index contributed by atoms with van der Waals surface area (Å²) in [5, 5.41) is 5.26. The van der Waals surface area contributed by atoms with Crippen molar-refractivity contribution >= 4 is 25.7 Å². The zero-order valence-electron chi connectivity index (χ0n) is 33.2. The maximum atomic E-state index is 13.7. The van der Waals surface area contributed by atoms with Gasteiger partial charge in [-0.05, 0) is 111 Å². The van der Waals surface area contributed by atoms with Crippen molar-refractivity contribution in [2.45, 2.75) is 45.8 Å². The predicted octanol–water partition coefficient (Wildman–Crippen LogP) is 10.6. The first-order valence-corrected chi connectivity index (χ1v) is 18.8. The molecule has 5 heterocycles. The minimum absolute atomic E-state index is 0. The lowest BCUT2D eigenvalue weighted by Crippen LogP contribution is -2.25. The number of amides is 1. The van der Waals surface area contributed by atoms with Crippen LogP contribution in [0.25, 0.3) is 22.5 Å². The highest BCUT2D eigenvalue weighted by Crippen LogP contribution is 2.45. The Balaban J connectivity index is 0.000000186. The molecule has 9 rings (SSSR count). The number of rotatable bonds is 7. The second kappa shape index (κ2) is 19.0. The number of carbonyl (C=O) groups is 1. The molecule has 0 bridgehead atoms. The van der Waals surface area contributed by atoms with Gasteiger partial charge in [0, 0.05) is 44.9 Å². The van der Waals surface area contributed by atoms with Crippen LogP contribution < -0.4 is 29.6 Å². The van der Waals surface area contributed by atoms with E-state index in [2.05, 4.69) is 39.5 Å². The average molecular weight is 878 g/mol. The summed E-state index contributed by atoms with van der Waals surface area (Å²) in [4.78, 5) is 20.6. The van der Waals surface area contributed by atoms with E-state index in [9.17, 15) is 39.9 Å². The first-order chi connectivity index (χ1) is 29.6. The van der Waals surface area contributed by atoms with Crippen LogP contribution in [0.3, 0.4) is 0 Å². The van der Waals surface area contributed by atoms with E-state index in [1.165, 1.54) is 79.8 Å². The zero-order valence-corrected chi connectivity index (χ0v) is 33.2. The Hall–Kier alpha value is -6.89. The van der Waals surface area contributed by atoms with Crippen molar-refractivity contribution in [3.63, 3.8) is 0 Å². The molecule has 325 valence electrons. The molecule has 0 spiro atoms. The van der Waals surface area contributed by atoms with Crippen molar-refractivity contribution in [1.82, 2.24) is 9.97 Å². The van der Waals surface area contributed by atoms with Gasteiger partial charge in [0.05, 0.1) is 35.2 Å². The summed E-state index contributed by atoms with van der Waals surface area (Å²) in [5.74, 6) is -4.50. The number of halogens is 8. The van der Waals surface area contributed by atoms with Crippen LogP contribution in [0, 0.1) is 37.1 Å². The number of ether oxygens (including phenoxy) is 5. The summed E-state index contributed by atoms with van der Waals surface area (Å²) in [6.45, 7) is 5.38. The van der Waals surface area contributed by atoms with E-state index in [1.807, 2.05) is 0 Å². The SMILES string of the molecule is C1CCOC1.Cc1cc2c(cc1-c1ccc(NC(=O)c3c(F)cccc3F)cn1)OC(F)(F)O2.Cc1cc2c(cc1-c1ccc(NCc3c(F)cccc3F)cn1)OC(F)(F)O2.[B]. The highest BCUT2D eigenvalue weighted by molar-refractivity contribution is 6.04. The number of fused-ring (bicyclic) bond motifs is 2. The molecule has 10 nitrogen and oxygen atoms in total. The Morgan fingerprint density at radius 1 is 0.619 bits per heavy atom. The van der Waals surface area contributed by atoms with Crippen LogP contribution in [0.15, 0.2) is 97.3 Å². The van der Waals surface area contributed by atoms with Crippen LogP contribution in [0.1, 0.15) is 39.9 Å². The van der Waals surface area contributed by atoms with Crippen LogP contribution in [0.2, 0.25) is 0 Å². The molecule has 4 aromatic carbocycles. The van der Waals surface area contributed by atoms with Gasteiger partial charge in [0.15, 0.2) is 23.0 Å². The second-order valence-corrected chi connectivity index (χ2v) is 13.9. The van der Waals surface area contributed by atoms with Gasteiger partial charge >= 0.3 is 12.6 Å². The fraction of sp³-hybridized carbons (Fsp3) is 0.205. The topological polar surface area (TPSA) is 113 Å². The number of carbonyl (C=O) groups excluding carboxylic acids is 1.